The number of likely N-dealkylation sites (tertiary alicyclic amines) is 1. The van der Waals surface area contributed by atoms with Crippen molar-refractivity contribution >= 4 is 35.5 Å². The van der Waals surface area contributed by atoms with E-state index in [1.807, 2.05) is 0 Å². The largest absolute Gasteiger partial charge is 0.444 e. The predicted molar refractivity (Wildman–Crippen MR) is 162 cm³/mol. The van der Waals surface area contributed by atoms with Crippen molar-refractivity contribution in [3.8, 4) is 0 Å². The number of hydrogen-bond acceptors (Lipinski definition) is 7. The Morgan fingerprint density at radius 2 is 1.61 bits per heavy atom. The van der Waals surface area contributed by atoms with E-state index in [1.165, 1.54) is 4.90 Å². The van der Waals surface area contributed by atoms with E-state index in [-0.39, 0.29) is 24.9 Å². The summed E-state index contributed by atoms with van der Waals surface area (Å²) in [5, 5.41) is 9.59. The minimum Gasteiger partial charge on any atom is -0.444 e. The molecule has 4 atom stereocenters. The minimum atomic E-state index is -4.68. The second-order valence-electron chi connectivity index (χ2n) is 13.0. The van der Waals surface area contributed by atoms with E-state index in [2.05, 4.69) is 27.8 Å². The van der Waals surface area contributed by atoms with Crippen molar-refractivity contribution in [2.75, 3.05) is 13.1 Å². The van der Waals surface area contributed by atoms with Crippen molar-refractivity contribution in [2.45, 2.75) is 128 Å². The summed E-state index contributed by atoms with van der Waals surface area (Å²) in [5.74, 6) is -4.94. The van der Waals surface area contributed by atoms with Crippen molar-refractivity contribution in [2.24, 2.45) is 5.92 Å². The number of carbonyl (C=O) groups excluding carboxylic acids is 6. The summed E-state index contributed by atoms with van der Waals surface area (Å²) in [6.07, 6.45) is -1.23. The number of alkyl halides is 3. The molecule has 2 fully saturated rings. The van der Waals surface area contributed by atoms with Gasteiger partial charge >= 0.3 is 12.3 Å². The molecular formula is C31H48F3N5O7. The quantitative estimate of drug-likeness (QED) is 0.165. The van der Waals surface area contributed by atoms with E-state index in [4.69, 9.17) is 4.74 Å². The van der Waals surface area contributed by atoms with Gasteiger partial charge in [-0.25, -0.2) is 4.79 Å². The molecular weight excluding hydrogens is 611 g/mol. The molecule has 46 heavy (non-hydrogen) atoms. The van der Waals surface area contributed by atoms with E-state index in [0.717, 1.165) is 19.3 Å². The molecule has 1 heterocycles. The van der Waals surface area contributed by atoms with Crippen LogP contribution in [0.4, 0.5) is 18.0 Å². The molecule has 12 nitrogen and oxygen atoms in total. The van der Waals surface area contributed by atoms with Crippen LogP contribution in [0.1, 0.15) is 91.9 Å². The molecule has 5 amide bonds. The standard InChI is InChI=1S/C31H48F3N5O7/c1-6-11-19(2)36-23(40)18-35-27(43)25(41)21(15-16-31(32,33)34)37-26(42)22-14-10-17-39(22)28(44)24(20-12-8-7-9-13-20)38-29(45)46-30(3,4)5/h6,19-22,24H,1,7-18H2,2-5H3,(H,35,43)(H,36,40)(H,37,42)(H,38,45). The van der Waals surface area contributed by atoms with Crippen molar-refractivity contribution in [1.82, 2.24) is 26.2 Å². The Bertz CT molecular complexity index is 1120. The topological polar surface area (TPSA) is 163 Å². The van der Waals surface area contributed by atoms with E-state index >= 15 is 0 Å². The molecule has 0 radical (unpaired) electrons. The third kappa shape index (κ3) is 13.0. The van der Waals surface area contributed by atoms with Gasteiger partial charge in [-0.3, -0.25) is 24.0 Å². The first kappa shape index (κ1) is 38.5. The number of rotatable bonds is 14. The molecule has 0 aromatic heterocycles. The number of carbonyl (C=O) groups is 6. The number of halogens is 3. The summed E-state index contributed by atoms with van der Waals surface area (Å²) in [4.78, 5) is 78.8. The maximum Gasteiger partial charge on any atom is 0.408 e. The molecule has 1 saturated carbocycles. The van der Waals surface area contributed by atoms with Gasteiger partial charge in [0.25, 0.3) is 5.91 Å². The fourth-order valence-corrected chi connectivity index (χ4v) is 5.65. The molecule has 1 saturated heterocycles. The van der Waals surface area contributed by atoms with E-state index in [0.29, 0.717) is 25.7 Å². The zero-order valence-electron chi connectivity index (χ0n) is 27.1. The van der Waals surface area contributed by atoms with Crippen LogP contribution in [0.25, 0.3) is 0 Å². The third-order valence-corrected chi connectivity index (χ3v) is 7.81. The highest BCUT2D eigenvalue weighted by Gasteiger charge is 2.42. The van der Waals surface area contributed by atoms with Gasteiger partial charge < -0.3 is 30.9 Å². The number of ether oxygens (including phenoxy) is 1. The lowest BCUT2D eigenvalue weighted by molar-refractivity contribution is -0.147. The molecule has 1 aliphatic carbocycles. The van der Waals surface area contributed by atoms with Crippen molar-refractivity contribution < 1.29 is 46.7 Å². The first-order chi connectivity index (χ1) is 21.4. The van der Waals surface area contributed by atoms with Crippen LogP contribution in [0.3, 0.4) is 0 Å². The molecule has 15 heteroatoms. The number of hydrogen-bond donors (Lipinski definition) is 4. The summed E-state index contributed by atoms with van der Waals surface area (Å²) in [6, 6.07) is -4.29. The van der Waals surface area contributed by atoms with Gasteiger partial charge in [0.05, 0.1) is 12.6 Å². The second kappa shape index (κ2) is 17.3. The third-order valence-electron chi connectivity index (χ3n) is 7.81. The van der Waals surface area contributed by atoms with E-state index < -0.39 is 84.8 Å². The lowest BCUT2D eigenvalue weighted by Gasteiger charge is -2.35. The summed E-state index contributed by atoms with van der Waals surface area (Å²) in [7, 11) is 0. The molecule has 260 valence electrons. The first-order valence-electron chi connectivity index (χ1n) is 15.8. The second-order valence-corrected chi connectivity index (χ2v) is 13.0. The molecule has 2 rings (SSSR count). The normalized spacial score (nSPS) is 19.3. The summed E-state index contributed by atoms with van der Waals surface area (Å²) in [6.45, 7) is 9.83. The summed E-state index contributed by atoms with van der Waals surface area (Å²) < 4.78 is 44.7. The average Bonchev–Trinajstić information content (AvgIpc) is 3.45. The van der Waals surface area contributed by atoms with Crippen LogP contribution >= 0.6 is 0 Å². The predicted octanol–water partition coefficient (Wildman–Crippen LogP) is 3.04. The van der Waals surface area contributed by atoms with Gasteiger partial charge in [-0.05, 0) is 72.1 Å². The van der Waals surface area contributed by atoms with E-state index in [1.54, 1.807) is 33.8 Å². The SMILES string of the molecule is C=CCC(C)NC(=O)CNC(=O)C(=O)C(CCC(F)(F)F)NC(=O)C1CCCN1C(=O)C(NC(=O)OC(C)(C)C)C1CCCCC1. The maximum absolute atomic E-state index is 13.9. The Morgan fingerprint density at radius 3 is 2.20 bits per heavy atom. The van der Waals surface area contributed by atoms with E-state index in [9.17, 15) is 41.9 Å². The number of alkyl carbamates (subject to hydrolysis) is 1. The highest BCUT2D eigenvalue weighted by Crippen LogP contribution is 2.30. The van der Waals surface area contributed by atoms with Crippen LogP contribution in [0, 0.1) is 5.92 Å². The zero-order chi connectivity index (χ0) is 34.7. The fourth-order valence-electron chi connectivity index (χ4n) is 5.65. The van der Waals surface area contributed by atoms with Gasteiger partial charge in [0.15, 0.2) is 0 Å². The zero-order valence-corrected chi connectivity index (χ0v) is 27.1. The molecule has 0 spiro atoms. The fraction of sp³-hybridized carbons (Fsp3) is 0.742. The van der Waals surface area contributed by atoms with Gasteiger partial charge in [-0.1, -0.05) is 25.3 Å². The molecule has 0 aromatic carbocycles. The monoisotopic (exact) mass is 659 g/mol. The van der Waals surface area contributed by atoms with Crippen molar-refractivity contribution in [3.63, 3.8) is 0 Å². The van der Waals surface area contributed by atoms with Crippen LogP contribution in [-0.2, 0) is 28.7 Å². The first-order valence-corrected chi connectivity index (χ1v) is 15.8. The Kier molecular flexibility index (Phi) is 14.5. The van der Waals surface area contributed by atoms with Crippen molar-refractivity contribution in [1.29, 1.82) is 0 Å². The van der Waals surface area contributed by atoms with Gasteiger partial charge in [0.2, 0.25) is 23.5 Å². The minimum absolute atomic E-state index is 0.150. The summed E-state index contributed by atoms with van der Waals surface area (Å²) in [5.41, 5.74) is -0.821. The molecule has 2 aliphatic rings. The van der Waals surface area contributed by atoms with Crippen LogP contribution < -0.4 is 21.3 Å². The van der Waals surface area contributed by atoms with Crippen LogP contribution in [0.5, 0.6) is 0 Å². The number of ketones is 1. The highest BCUT2D eigenvalue weighted by atomic mass is 19.4. The number of nitrogens with zero attached hydrogens (tertiary/aromatic N) is 1. The maximum atomic E-state index is 13.9. The lowest BCUT2D eigenvalue weighted by Crippen LogP contribution is -2.58. The van der Waals surface area contributed by atoms with Crippen LogP contribution in [-0.4, -0.2) is 89.4 Å². The molecule has 4 unspecified atom stereocenters. The Balaban J connectivity index is 2.18. The number of Topliss-reactive ketones (excluding diaryl/α,β-unsaturated/α-hetero) is 1. The Morgan fingerprint density at radius 1 is 0.957 bits per heavy atom. The Labute approximate surface area is 268 Å². The van der Waals surface area contributed by atoms with Crippen molar-refractivity contribution in [3.05, 3.63) is 12.7 Å². The van der Waals surface area contributed by atoms with Gasteiger partial charge in [-0.2, -0.15) is 13.2 Å². The number of nitrogens with one attached hydrogen (secondary N) is 4. The average molecular weight is 660 g/mol. The molecule has 1 aliphatic heterocycles. The molecule has 0 aromatic rings. The highest BCUT2D eigenvalue weighted by molar-refractivity contribution is 6.38. The summed E-state index contributed by atoms with van der Waals surface area (Å²) >= 11 is 0. The van der Waals surface area contributed by atoms with Gasteiger partial charge in [0.1, 0.15) is 17.7 Å². The lowest BCUT2D eigenvalue weighted by atomic mass is 9.83. The van der Waals surface area contributed by atoms with Gasteiger partial charge in [-0.15, -0.1) is 6.58 Å². The molecule has 0 bridgehead atoms. The van der Waals surface area contributed by atoms with Gasteiger partial charge in [0, 0.05) is 19.0 Å². The smallest absolute Gasteiger partial charge is 0.408 e. The Hall–Kier alpha value is -3.65. The van der Waals surface area contributed by atoms with Crippen LogP contribution in [0.15, 0.2) is 12.7 Å². The molecule has 4 N–H and O–H groups in total. The van der Waals surface area contributed by atoms with Crippen LogP contribution in [0.2, 0.25) is 0 Å². The number of amides is 5.